The Hall–Kier alpha value is -1.15. The first-order valence-corrected chi connectivity index (χ1v) is 4.58. The van der Waals surface area contributed by atoms with Gasteiger partial charge in [0.2, 0.25) is 0 Å². The lowest BCUT2D eigenvalue weighted by Crippen LogP contribution is -1.75. The average molecular weight is 174 g/mol. The lowest BCUT2D eigenvalue weighted by molar-refractivity contribution is 1.26. The van der Waals surface area contributed by atoms with Crippen molar-refractivity contribution in [3.63, 3.8) is 0 Å². The topological polar surface area (TPSA) is 12.9 Å². The van der Waals surface area contributed by atoms with Crippen LogP contribution in [0.15, 0.2) is 30.3 Å². The summed E-state index contributed by atoms with van der Waals surface area (Å²) in [5.41, 5.74) is 5.18. The number of benzene rings is 1. The minimum Gasteiger partial charge on any atom is -0.238 e. The van der Waals surface area contributed by atoms with Gasteiger partial charge in [-0.3, -0.25) is 0 Å². The van der Waals surface area contributed by atoms with E-state index in [4.69, 9.17) is 0 Å². The van der Waals surface area contributed by atoms with Gasteiger partial charge >= 0.3 is 0 Å². The van der Waals surface area contributed by atoms with Crippen LogP contribution in [0, 0.1) is 12.4 Å². The van der Waals surface area contributed by atoms with Gasteiger partial charge in [-0.25, -0.2) is 4.98 Å². The van der Waals surface area contributed by atoms with E-state index in [0.717, 1.165) is 5.69 Å². The summed E-state index contributed by atoms with van der Waals surface area (Å²) in [4.78, 5) is 5.30. The van der Waals surface area contributed by atoms with Crippen LogP contribution in [0.2, 0.25) is 0 Å². The zero-order valence-electron chi connectivity index (χ0n) is 6.74. The quantitative estimate of drug-likeness (QED) is 0.647. The van der Waals surface area contributed by atoms with Gasteiger partial charge in [0.15, 0.2) is 5.51 Å². The predicted molar refractivity (Wildman–Crippen MR) is 51.1 cm³/mol. The van der Waals surface area contributed by atoms with Gasteiger partial charge in [0.1, 0.15) is 0 Å². The van der Waals surface area contributed by atoms with Crippen LogP contribution in [0.25, 0.3) is 10.4 Å². The monoisotopic (exact) mass is 174 g/mol. The third kappa shape index (κ3) is 1.25. The maximum Gasteiger partial charge on any atom is 0.153 e. The second kappa shape index (κ2) is 3.07. The van der Waals surface area contributed by atoms with E-state index in [9.17, 15) is 0 Å². The molecule has 1 aromatic carbocycles. The summed E-state index contributed by atoms with van der Waals surface area (Å²) in [5, 5.41) is 0. The Morgan fingerprint density at radius 2 is 2.00 bits per heavy atom. The normalized spacial score (nSPS) is 10.1. The molecule has 0 fully saturated rings. The second-order valence-corrected chi connectivity index (χ2v) is 3.38. The Morgan fingerprint density at radius 1 is 1.25 bits per heavy atom. The standard InChI is InChI=1S/C10H8NS/c1-8-10(12-7-11-8)9-5-3-2-4-6-9/h2-6H,1H3. The highest BCUT2D eigenvalue weighted by Crippen LogP contribution is 2.25. The number of rotatable bonds is 1. The first-order chi connectivity index (χ1) is 5.88. The molecule has 2 rings (SSSR count). The molecular formula is C10H8NS. The van der Waals surface area contributed by atoms with Crippen molar-refractivity contribution in [2.24, 2.45) is 0 Å². The highest BCUT2D eigenvalue weighted by atomic mass is 32.1. The number of aromatic nitrogens is 1. The van der Waals surface area contributed by atoms with Crippen molar-refractivity contribution in [1.82, 2.24) is 4.98 Å². The maximum atomic E-state index is 4.09. The molecule has 0 saturated heterocycles. The number of aryl methyl sites for hydroxylation is 1. The molecule has 1 nitrogen and oxygen atoms in total. The first kappa shape index (κ1) is 7.50. The zero-order chi connectivity index (χ0) is 8.39. The van der Waals surface area contributed by atoms with Crippen LogP contribution in [0.1, 0.15) is 5.69 Å². The summed E-state index contributed by atoms with van der Waals surface area (Å²) in [6.07, 6.45) is 0. The van der Waals surface area contributed by atoms with Crippen LogP contribution >= 0.6 is 11.3 Å². The molecule has 12 heavy (non-hydrogen) atoms. The summed E-state index contributed by atoms with van der Waals surface area (Å²) in [5.74, 6) is 0. The van der Waals surface area contributed by atoms with E-state index >= 15 is 0 Å². The molecular weight excluding hydrogens is 166 g/mol. The molecule has 0 bridgehead atoms. The fourth-order valence-electron chi connectivity index (χ4n) is 1.12. The van der Waals surface area contributed by atoms with E-state index in [0.29, 0.717) is 0 Å². The van der Waals surface area contributed by atoms with Crippen LogP contribution in [0.4, 0.5) is 0 Å². The van der Waals surface area contributed by atoms with Crippen LogP contribution in [0.5, 0.6) is 0 Å². The second-order valence-electron chi connectivity index (χ2n) is 2.59. The molecule has 2 heteroatoms. The van der Waals surface area contributed by atoms with Crippen LogP contribution in [0.3, 0.4) is 0 Å². The van der Waals surface area contributed by atoms with Gasteiger partial charge in [0, 0.05) is 0 Å². The summed E-state index contributed by atoms with van der Waals surface area (Å²) in [6, 6.07) is 10.3. The van der Waals surface area contributed by atoms with Crippen molar-refractivity contribution in [3.05, 3.63) is 41.5 Å². The number of thiazole rings is 1. The molecule has 2 aromatic rings. The lowest BCUT2D eigenvalue weighted by Gasteiger charge is -1.95. The van der Waals surface area contributed by atoms with E-state index < -0.39 is 0 Å². The highest BCUT2D eigenvalue weighted by Gasteiger charge is 2.02. The van der Waals surface area contributed by atoms with Crippen LogP contribution < -0.4 is 0 Å². The SMILES string of the molecule is Cc1n[c]sc1-c1ccccc1. The Labute approximate surface area is 75.7 Å². The number of nitrogens with zero attached hydrogens (tertiary/aromatic N) is 1. The van der Waals surface area contributed by atoms with Gasteiger partial charge in [0.25, 0.3) is 0 Å². The molecule has 0 saturated carbocycles. The van der Waals surface area contributed by atoms with E-state index in [-0.39, 0.29) is 0 Å². The Morgan fingerprint density at radius 3 is 2.58 bits per heavy atom. The van der Waals surface area contributed by atoms with Crippen LogP contribution in [-0.2, 0) is 0 Å². The fourth-order valence-corrected chi connectivity index (χ4v) is 1.84. The highest BCUT2D eigenvalue weighted by molar-refractivity contribution is 7.12. The predicted octanol–water partition coefficient (Wildman–Crippen LogP) is 2.92. The molecule has 0 aliphatic heterocycles. The third-order valence-corrected chi connectivity index (χ3v) is 2.64. The number of hydrogen-bond acceptors (Lipinski definition) is 2. The first-order valence-electron chi connectivity index (χ1n) is 3.77. The van der Waals surface area contributed by atoms with Crippen molar-refractivity contribution < 1.29 is 0 Å². The molecule has 0 spiro atoms. The summed E-state index contributed by atoms with van der Waals surface area (Å²) in [7, 11) is 0. The Kier molecular flexibility index (Phi) is 1.92. The van der Waals surface area contributed by atoms with Gasteiger partial charge in [-0.05, 0) is 12.5 Å². The van der Waals surface area contributed by atoms with Crippen molar-refractivity contribution in [1.29, 1.82) is 0 Å². The fraction of sp³-hybridized carbons (Fsp3) is 0.100. The molecule has 1 heterocycles. The largest absolute Gasteiger partial charge is 0.238 e. The molecule has 59 valence electrons. The van der Waals surface area contributed by atoms with Crippen molar-refractivity contribution in [3.8, 4) is 10.4 Å². The molecule has 0 N–H and O–H groups in total. The van der Waals surface area contributed by atoms with Gasteiger partial charge in [-0.2, -0.15) is 0 Å². The van der Waals surface area contributed by atoms with Gasteiger partial charge < -0.3 is 0 Å². The van der Waals surface area contributed by atoms with Gasteiger partial charge in [0.05, 0.1) is 10.6 Å². The molecule has 0 unspecified atom stereocenters. The van der Waals surface area contributed by atoms with Gasteiger partial charge in [-0.15, -0.1) is 11.3 Å². The maximum absolute atomic E-state index is 4.09. The smallest absolute Gasteiger partial charge is 0.153 e. The van der Waals surface area contributed by atoms with E-state index in [2.05, 4.69) is 22.6 Å². The number of hydrogen-bond donors (Lipinski definition) is 0. The van der Waals surface area contributed by atoms with Gasteiger partial charge in [-0.1, -0.05) is 30.3 Å². The molecule has 0 atom stereocenters. The average Bonchev–Trinajstić information content (AvgIpc) is 2.53. The molecule has 1 aromatic heterocycles. The van der Waals surface area contributed by atoms with Crippen molar-refractivity contribution in [2.45, 2.75) is 6.92 Å². The minimum absolute atomic E-state index is 1.06. The zero-order valence-corrected chi connectivity index (χ0v) is 7.56. The lowest BCUT2D eigenvalue weighted by atomic mass is 10.2. The van der Waals surface area contributed by atoms with E-state index in [1.807, 2.05) is 25.1 Å². The summed E-state index contributed by atoms with van der Waals surface area (Å²) in [6.45, 7) is 2.01. The molecule has 1 radical (unpaired) electrons. The molecule has 0 aliphatic rings. The Balaban J connectivity index is 2.51. The third-order valence-electron chi connectivity index (χ3n) is 1.73. The Bertz CT molecular complexity index is 364. The van der Waals surface area contributed by atoms with Crippen LogP contribution in [-0.4, -0.2) is 4.98 Å². The van der Waals surface area contributed by atoms with E-state index in [1.54, 1.807) is 11.3 Å². The minimum atomic E-state index is 1.06. The summed E-state index contributed by atoms with van der Waals surface area (Å²) < 4.78 is 0. The molecule has 0 aliphatic carbocycles. The molecule has 0 amide bonds. The van der Waals surface area contributed by atoms with Crippen molar-refractivity contribution in [2.75, 3.05) is 0 Å². The summed E-state index contributed by atoms with van der Waals surface area (Å²) >= 11 is 1.57. The van der Waals surface area contributed by atoms with E-state index in [1.165, 1.54) is 10.4 Å². The van der Waals surface area contributed by atoms with Crippen molar-refractivity contribution >= 4 is 11.3 Å².